The molecule has 1 N–H and O–H groups in total. The number of hydrogen-bond acceptors (Lipinski definition) is 5. The molecule has 0 saturated carbocycles. The minimum atomic E-state index is -0.175. The van der Waals surface area contributed by atoms with Crippen LogP contribution in [0.4, 0.5) is 0 Å². The molecule has 31 heavy (non-hydrogen) atoms. The van der Waals surface area contributed by atoms with E-state index in [1.165, 1.54) is 0 Å². The van der Waals surface area contributed by atoms with Crippen LogP contribution in [0.25, 0.3) is 5.57 Å². The van der Waals surface area contributed by atoms with Gasteiger partial charge in [-0.2, -0.15) is 5.10 Å². The summed E-state index contributed by atoms with van der Waals surface area (Å²) in [7, 11) is 5.63. The second kappa shape index (κ2) is 9.63. The Balaban J connectivity index is 1.78. The number of carbonyl (C=O) groups is 1. The number of aromatic nitrogens is 3. The van der Waals surface area contributed by atoms with E-state index in [4.69, 9.17) is 11.2 Å². The first kappa shape index (κ1) is 21.7. The maximum Gasteiger partial charge on any atom is 0.251 e. The van der Waals surface area contributed by atoms with Gasteiger partial charge in [0.25, 0.3) is 5.91 Å². The van der Waals surface area contributed by atoms with E-state index in [0.717, 1.165) is 11.1 Å². The van der Waals surface area contributed by atoms with E-state index in [2.05, 4.69) is 21.3 Å². The van der Waals surface area contributed by atoms with Crippen molar-refractivity contribution in [2.24, 2.45) is 7.05 Å². The number of ether oxygens (including phenoxy) is 1. The van der Waals surface area contributed by atoms with E-state index in [1.54, 1.807) is 41.3 Å². The van der Waals surface area contributed by atoms with Gasteiger partial charge in [-0.25, -0.2) is 0 Å². The summed E-state index contributed by atoms with van der Waals surface area (Å²) in [5.41, 5.74) is 3.51. The van der Waals surface area contributed by atoms with Crippen molar-refractivity contribution < 1.29 is 9.53 Å². The summed E-state index contributed by atoms with van der Waals surface area (Å²) < 4.78 is 7.76. The van der Waals surface area contributed by atoms with Gasteiger partial charge >= 0.3 is 0 Å². The lowest BCUT2D eigenvalue weighted by atomic mass is 10.1. The number of benzene rings is 1. The van der Waals surface area contributed by atoms with Crippen molar-refractivity contribution in [2.45, 2.75) is 13.5 Å². The molecule has 0 aliphatic rings. The SMILES string of the molecule is C#C/C(=C\N(C)C)c1cc(Oc2cccc(C(=O)NCc3cnn(C)c3)c2C)ccn1. The van der Waals surface area contributed by atoms with Gasteiger partial charge in [0.15, 0.2) is 0 Å². The molecule has 3 rings (SSSR count). The molecule has 158 valence electrons. The van der Waals surface area contributed by atoms with Crippen molar-refractivity contribution >= 4 is 11.5 Å². The number of pyridine rings is 1. The molecule has 2 heterocycles. The van der Waals surface area contributed by atoms with Crippen molar-refractivity contribution in [1.29, 1.82) is 0 Å². The van der Waals surface area contributed by atoms with Crippen molar-refractivity contribution in [3.05, 3.63) is 77.5 Å². The molecule has 3 aromatic rings. The third-order valence-electron chi connectivity index (χ3n) is 4.52. The average Bonchev–Trinajstić information content (AvgIpc) is 3.17. The van der Waals surface area contributed by atoms with Gasteiger partial charge in [-0.15, -0.1) is 6.42 Å². The highest BCUT2D eigenvalue weighted by atomic mass is 16.5. The maximum atomic E-state index is 12.7. The molecule has 0 aliphatic heterocycles. The van der Waals surface area contributed by atoms with Gasteiger partial charge in [0.2, 0.25) is 0 Å². The quantitative estimate of drug-likeness (QED) is 0.599. The lowest BCUT2D eigenvalue weighted by Crippen LogP contribution is -2.23. The molecule has 0 spiro atoms. The maximum absolute atomic E-state index is 12.7. The minimum absolute atomic E-state index is 0.175. The molecule has 0 aliphatic carbocycles. The Morgan fingerprint density at radius 1 is 1.35 bits per heavy atom. The summed E-state index contributed by atoms with van der Waals surface area (Å²) in [5.74, 6) is 3.64. The van der Waals surface area contributed by atoms with Gasteiger partial charge in [0.05, 0.1) is 17.5 Å². The first-order valence-electron chi connectivity index (χ1n) is 9.72. The smallest absolute Gasteiger partial charge is 0.251 e. The fourth-order valence-corrected chi connectivity index (χ4v) is 3.00. The Morgan fingerprint density at radius 3 is 2.84 bits per heavy atom. The fourth-order valence-electron chi connectivity index (χ4n) is 3.00. The summed E-state index contributed by atoms with van der Waals surface area (Å²) in [4.78, 5) is 18.9. The Kier molecular flexibility index (Phi) is 6.73. The molecule has 2 aromatic heterocycles. The number of terminal acetylenes is 1. The summed E-state index contributed by atoms with van der Waals surface area (Å²) in [6.45, 7) is 2.26. The predicted molar refractivity (Wildman–Crippen MR) is 120 cm³/mol. The molecule has 1 amide bonds. The van der Waals surface area contributed by atoms with Crippen LogP contribution >= 0.6 is 0 Å². The van der Waals surface area contributed by atoms with Crippen LogP contribution in [0.5, 0.6) is 11.5 Å². The highest BCUT2D eigenvalue weighted by Crippen LogP contribution is 2.28. The first-order valence-corrected chi connectivity index (χ1v) is 9.72. The summed E-state index contributed by atoms with van der Waals surface area (Å²) in [6, 6.07) is 8.92. The number of hydrogen-bond donors (Lipinski definition) is 1. The van der Waals surface area contributed by atoms with Gasteiger partial charge in [-0.1, -0.05) is 12.0 Å². The van der Waals surface area contributed by atoms with E-state index in [0.29, 0.717) is 34.9 Å². The van der Waals surface area contributed by atoms with Gasteiger partial charge < -0.3 is 15.0 Å². The molecular formula is C24H25N5O2. The van der Waals surface area contributed by atoms with Crippen molar-refractivity contribution in [3.63, 3.8) is 0 Å². The average molecular weight is 415 g/mol. The first-order chi connectivity index (χ1) is 14.9. The molecular weight excluding hydrogens is 390 g/mol. The van der Waals surface area contributed by atoms with Gasteiger partial charge in [-0.3, -0.25) is 14.5 Å². The molecule has 0 unspecified atom stereocenters. The van der Waals surface area contributed by atoms with Gasteiger partial charge in [0, 0.05) is 69.0 Å². The Labute approximate surface area is 182 Å². The molecule has 0 bridgehead atoms. The number of nitrogens with zero attached hydrogens (tertiary/aromatic N) is 4. The summed E-state index contributed by atoms with van der Waals surface area (Å²) in [6.07, 6.45) is 12.7. The van der Waals surface area contributed by atoms with Crippen molar-refractivity contribution in [3.8, 4) is 23.8 Å². The Bertz CT molecular complexity index is 1150. The van der Waals surface area contributed by atoms with Crippen LogP contribution in [0.3, 0.4) is 0 Å². The number of amides is 1. The van der Waals surface area contributed by atoms with E-state index in [1.807, 2.05) is 51.4 Å². The zero-order chi connectivity index (χ0) is 22.4. The minimum Gasteiger partial charge on any atom is -0.457 e. The predicted octanol–water partition coefficient (Wildman–Crippen LogP) is 3.38. The van der Waals surface area contributed by atoms with Crippen molar-refractivity contribution in [2.75, 3.05) is 14.1 Å². The van der Waals surface area contributed by atoms with Crippen LogP contribution in [0.1, 0.15) is 27.2 Å². The number of nitrogens with one attached hydrogen (secondary N) is 1. The lowest BCUT2D eigenvalue weighted by Gasteiger charge is -2.13. The highest BCUT2D eigenvalue weighted by Gasteiger charge is 2.14. The van der Waals surface area contributed by atoms with Crippen LogP contribution in [0, 0.1) is 19.3 Å². The standard InChI is InChI=1S/C24H25N5O2/c1-6-19(16-28(3)4)22-12-20(10-11-25-22)31-23-9-7-8-21(17(23)2)24(30)26-13-18-14-27-29(5)15-18/h1,7-12,14-16H,13H2,2-5H3,(H,26,30)/b19-16+. The monoisotopic (exact) mass is 415 g/mol. The van der Waals surface area contributed by atoms with E-state index < -0.39 is 0 Å². The Morgan fingerprint density at radius 2 is 2.16 bits per heavy atom. The molecule has 0 fully saturated rings. The molecule has 1 aromatic carbocycles. The van der Waals surface area contributed by atoms with Crippen LogP contribution in [-0.4, -0.2) is 39.7 Å². The zero-order valence-electron chi connectivity index (χ0n) is 18.1. The zero-order valence-corrected chi connectivity index (χ0v) is 18.1. The molecule has 0 radical (unpaired) electrons. The van der Waals surface area contributed by atoms with Crippen molar-refractivity contribution in [1.82, 2.24) is 25.0 Å². The normalized spacial score (nSPS) is 11.0. The highest BCUT2D eigenvalue weighted by molar-refractivity contribution is 5.96. The molecule has 0 saturated heterocycles. The molecule has 7 heteroatoms. The van der Waals surface area contributed by atoms with Crippen LogP contribution in [-0.2, 0) is 13.6 Å². The van der Waals surface area contributed by atoms with Crippen LogP contribution < -0.4 is 10.1 Å². The number of aryl methyl sites for hydroxylation is 1. The van der Waals surface area contributed by atoms with Crippen LogP contribution in [0.15, 0.2) is 55.1 Å². The largest absolute Gasteiger partial charge is 0.457 e. The number of allylic oxidation sites excluding steroid dienone is 1. The fraction of sp³-hybridized carbons (Fsp3) is 0.208. The molecule has 0 atom stereocenters. The number of rotatable bonds is 7. The van der Waals surface area contributed by atoms with Crippen LogP contribution in [0.2, 0.25) is 0 Å². The third kappa shape index (κ3) is 5.52. The van der Waals surface area contributed by atoms with E-state index in [9.17, 15) is 4.79 Å². The summed E-state index contributed by atoms with van der Waals surface area (Å²) >= 11 is 0. The van der Waals surface area contributed by atoms with E-state index >= 15 is 0 Å². The summed E-state index contributed by atoms with van der Waals surface area (Å²) in [5, 5.41) is 7.03. The second-order valence-corrected chi connectivity index (χ2v) is 7.26. The number of carbonyl (C=O) groups excluding carboxylic acids is 1. The van der Waals surface area contributed by atoms with Gasteiger partial charge in [0.1, 0.15) is 11.5 Å². The lowest BCUT2D eigenvalue weighted by molar-refractivity contribution is 0.0950. The second-order valence-electron chi connectivity index (χ2n) is 7.26. The molecule has 7 nitrogen and oxygen atoms in total. The van der Waals surface area contributed by atoms with E-state index in [-0.39, 0.29) is 5.91 Å². The Hall–Kier alpha value is -4.05. The third-order valence-corrected chi connectivity index (χ3v) is 4.52. The topological polar surface area (TPSA) is 72.3 Å². The van der Waals surface area contributed by atoms with Gasteiger partial charge in [-0.05, 0) is 25.1 Å².